The summed E-state index contributed by atoms with van der Waals surface area (Å²) < 4.78 is 28.8. The lowest BCUT2D eigenvalue weighted by atomic mass is 9.61. The Hall–Kier alpha value is -2.51. The molecule has 0 atom stereocenters. The van der Waals surface area contributed by atoms with Crippen molar-refractivity contribution in [2.75, 3.05) is 26.2 Å². The second kappa shape index (κ2) is 6.50. The fourth-order valence-electron chi connectivity index (χ4n) is 5.37. The molecule has 6 rings (SSSR count). The predicted molar refractivity (Wildman–Crippen MR) is 110 cm³/mol. The van der Waals surface area contributed by atoms with E-state index < -0.39 is 5.92 Å². The van der Waals surface area contributed by atoms with Crippen molar-refractivity contribution in [2.24, 2.45) is 5.41 Å². The van der Waals surface area contributed by atoms with E-state index in [0.717, 1.165) is 44.2 Å². The zero-order valence-corrected chi connectivity index (χ0v) is 17.7. The zero-order chi connectivity index (χ0) is 21.4. The number of hydrogen-bond acceptors (Lipinski definition) is 3. The number of likely N-dealkylation sites (tertiary alicyclic amines) is 2. The maximum Gasteiger partial charge on any atom is 0.320 e. The van der Waals surface area contributed by atoms with Gasteiger partial charge in [0.15, 0.2) is 5.82 Å². The maximum atomic E-state index is 13.4. The first kappa shape index (κ1) is 19.2. The normalized spacial score (nSPS) is 23.5. The summed E-state index contributed by atoms with van der Waals surface area (Å²) in [6.45, 7) is 3.89. The maximum absolute atomic E-state index is 13.4. The van der Waals surface area contributed by atoms with Crippen molar-refractivity contribution in [1.29, 1.82) is 0 Å². The highest BCUT2D eigenvalue weighted by Gasteiger charge is 2.55. The molecule has 1 spiro atoms. The highest BCUT2D eigenvalue weighted by molar-refractivity contribution is 5.77. The molecule has 4 fully saturated rings. The van der Waals surface area contributed by atoms with Gasteiger partial charge in [0.05, 0.1) is 6.04 Å². The van der Waals surface area contributed by atoms with Crippen molar-refractivity contribution in [1.82, 2.24) is 24.6 Å². The number of halogens is 2. The number of hydrogen-bond donors (Lipinski definition) is 0. The largest absolute Gasteiger partial charge is 0.323 e. The third-order valence-corrected chi connectivity index (χ3v) is 7.54. The van der Waals surface area contributed by atoms with E-state index in [1.165, 1.54) is 25.0 Å². The molecular weight excluding hydrogens is 400 g/mol. The summed E-state index contributed by atoms with van der Waals surface area (Å²) in [6.07, 6.45) is 6.45. The Morgan fingerprint density at radius 1 is 1.06 bits per heavy atom. The van der Waals surface area contributed by atoms with Gasteiger partial charge in [0.25, 0.3) is 5.92 Å². The third kappa shape index (κ3) is 3.31. The Morgan fingerprint density at radius 2 is 1.74 bits per heavy atom. The molecule has 0 bridgehead atoms. The number of benzene rings is 1. The predicted octanol–water partition coefficient (Wildman–Crippen LogP) is 4.12. The van der Waals surface area contributed by atoms with Crippen LogP contribution in [0.1, 0.15) is 67.4 Å². The molecule has 2 aromatic rings. The first-order valence-electron chi connectivity index (χ1n) is 11.2. The summed E-state index contributed by atoms with van der Waals surface area (Å²) in [5.74, 6) is -1.00. The lowest BCUT2D eigenvalue weighted by molar-refractivity contribution is -0.0771. The summed E-state index contributed by atoms with van der Waals surface area (Å²) in [6, 6.07) is 7.06. The van der Waals surface area contributed by atoms with Gasteiger partial charge in [-0.15, -0.1) is 0 Å². The van der Waals surface area contributed by atoms with Gasteiger partial charge in [-0.25, -0.2) is 23.2 Å². The van der Waals surface area contributed by atoms with Crippen LogP contribution < -0.4 is 0 Å². The van der Waals surface area contributed by atoms with E-state index >= 15 is 0 Å². The zero-order valence-electron chi connectivity index (χ0n) is 17.7. The van der Waals surface area contributed by atoms with E-state index in [4.69, 9.17) is 0 Å². The molecule has 0 unspecified atom stereocenters. The van der Waals surface area contributed by atoms with Gasteiger partial charge in [-0.2, -0.15) is 5.10 Å². The topological polar surface area (TPSA) is 54.3 Å². The third-order valence-electron chi connectivity index (χ3n) is 7.54. The number of amides is 2. The number of rotatable bonds is 4. The highest BCUT2D eigenvalue weighted by Crippen LogP contribution is 2.54. The number of carbonyl (C=O) groups excluding carboxylic acids is 1. The van der Waals surface area contributed by atoms with Crippen molar-refractivity contribution >= 4 is 6.03 Å². The van der Waals surface area contributed by atoms with Crippen LogP contribution in [-0.2, 0) is 5.92 Å². The Balaban J connectivity index is 0.973. The van der Waals surface area contributed by atoms with Crippen LogP contribution in [0.25, 0.3) is 0 Å². The molecule has 0 N–H and O–H groups in total. The average molecular weight is 427 g/mol. The molecule has 0 radical (unpaired) electrons. The van der Waals surface area contributed by atoms with E-state index in [1.54, 1.807) is 12.1 Å². The molecule has 164 valence electrons. The van der Waals surface area contributed by atoms with Crippen LogP contribution in [0, 0.1) is 5.41 Å². The molecule has 2 saturated heterocycles. The molecule has 1 aromatic carbocycles. The quantitative estimate of drug-likeness (QED) is 0.738. The Labute approximate surface area is 180 Å². The van der Waals surface area contributed by atoms with Crippen LogP contribution in [0.5, 0.6) is 0 Å². The van der Waals surface area contributed by atoms with Crippen LogP contribution in [0.2, 0.25) is 0 Å². The standard InChI is InChI=1S/C23H27F2N5O/c1-22(24,25)18-6-4-15(5-7-18)17-10-28(11-17)21(31)29-12-23(13-29)8-19(9-23)30-14-26-20(27-30)16-2-3-16/h4-7,14,16-17,19H,2-3,8-13H2,1H3. The summed E-state index contributed by atoms with van der Waals surface area (Å²) in [4.78, 5) is 21.0. The monoisotopic (exact) mass is 427 g/mol. The first-order valence-corrected chi connectivity index (χ1v) is 11.2. The van der Waals surface area contributed by atoms with Gasteiger partial charge < -0.3 is 9.80 Å². The van der Waals surface area contributed by atoms with Crippen LogP contribution >= 0.6 is 0 Å². The van der Waals surface area contributed by atoms with Crippen LogP contribution in [0.4, 0.5) is 13.6 Å². The number of carbonyl (C=O) groups is 1. The summed E-state index contributed by atoms with van der Waals surface area (Å²) >= 11 is 0. The van der Waals surface area contributed by atoms with E-state index in [1.807, 2.05) is 20.8 Å². The number of nitrogens with zero attached hydrogens (tertiary/aromatic N) is 5. The minimum atomic E-state index is -2.82. The second-order valence-electron chi connectivity index (χ2n) is 10.2. The lowest BCUT2D eigenvalue weighted by Gasteiger charge is -2.60. The molecule has 4 aliphatic rings. The number of aromatic nitrogens is 3. The molecule has 6 nitrogen and oxygen atoms in total. The van der Waals surface area contributed by atoms with Gasteiger partial charge in [0.2, 0.25) is 0 Å². The van der Waals surface area contributed by atoms with Gasteiger partial charge >= 0.3 is 6.03 Å². The van der Waals surface area contributed by atoms with Gasteiger partial charge in [-0.1, -0.05) is 24.3 Å². The van der Waals surface area contributed by atoms with E-state index in [2.05, 4.69) is 10.1 Å². The van der Waals surface area contributed by atoms with E-state index in [-0.39, 0.29) is 22.9 Å². The SMILES string of the molecule is CC(F)(F)c1ccc(C2CN(C(=O)N3CC4(CC(n5cnc(C6CC6)n5)C4)C3)C2)cc1. The van der Waals surface area contributed by atoms with Crippen LogP contribution in [0.3, 0.4) is 0 Å². The number of alkyl halides is 2. The lowest BCUT2D eigenvalue weighted by Crippen LogP contribution is -2.67. The number of urea groups is 1. The average Bonchev–Trinajstić information content (AvgIpc) is 3.36. The summed E-state index contributed by atoms with van der Waals surface area (Å²) in [7, 11) is 0. The van der Waals surface area contributed by atoms with Crippen LogP contribution in [0.15, 0.2) is 30.6 Å². The Bertz CT molecular complexity index is 990. The Kier molecular flexibility index (Phi) is 4.02. The molecule has 1 aromatic heterocycles. The van der Waals surface area contributed by atoms with Crippen molar-refractivity contribution in [3.8, 4) is 0 Å². The van der Waals surface area contributed by atoms with Gasteiger partial charge in [0, 0.05) is 55.9 Å². The minimum absolute atomic E-state index is 0.0304. The smallest absolute Gasteiger partial charge is 0.320 e. The van der Waals surface area contributed by atoms with Gasteiger partial charge in [0.1, 0.15) is 6.33 Å². The van der Waals surface area contributed by atoms with Crippen molar-refractivity contribution in [3.63, 3.8) is 0 Å². The molecule has 8 heteroatoms. The van der Waals surface area contributed by atoms with E-state index in [0.29, 0.717) is 25.0 Å². The van der Waals surface area contributed by atoms with Crippen molar-refractivity contribution < 1.29 is 13.6 Å². The molecule has 2 aliphatic heterocycles. The molecule has 2 aliphatic carbocycles. The van der Waals surface area contributed by atoms with E-state index in [9.17, 15) is 13.6 Å². The summed E-state index contributed by atoms with van der Waals surface area (Å²) in [5.41, 5.74) is 1.32. The molecule has 31 heavy (non-hydrogen) atoms. The molecule has 2 amide bonds. The highest BCUT2D eigenvalue weighted by atomic mass is 19.3. The van der Waals surface area contributed by atoms with Crippen molar-refractivity contribution in [3.05, 3.63) is 47.5 Å². The van der Waals surface area contributed by atoms with Gasteiger partial charge in [-0.3, -0.25) is 0 Å². The summed E-state index contributed by atoms with van der Waals surface area (Å²) in [5, 5.41) is 4.65. The van der Waals surface area contributed by atoms with Crippen molar-refractivity contribution in [2.45, 2.75) is 56.4 Å². The molecule has 2 saturated carbocycles. The second-order valence-corrected chi connectivity index (χ2v) is 10.2. The molecule has 3 heterocycles. The van der Waals surface area contributed by atoms with Gasteiger partial charge in [-0.05, 0) is 31.2 Å². The fraction of sp³-hybridized carbons (Fsp3) is 0.609. The fourth-order valence-corrected chi connectivity index (χ4v) is 5.37. The van der Waals surface area contributed by atoms with Crippen LogP contribution in [-0.4, -0.2) is 56.8 Å². The first-order chi connectivity index (χ1) is 14.8. The minimum Gasteiger partial charge on any atom is -0.323 e. The molecular formula is C23H27F2N5O. The Morgan fingerprint density at radius 3 is 2.35 bits per heavy atom.